The first kappa shape index (κ1) is 56.1. The van der Waals surface area contributed by atoms with Crippen LogP contribution in [-0.4, -0.2) is 160 Å². The molecule has 2 saturated heterocycles. The van der Waals surface area contributed by atoms with E-state index < -0.39 is 147 Å². The molecule has 2 bridgehead atoms. The molecule has 17 nitrogen and oxygen atoms in total. The fourth-order valence-electron chi connectivity index (χ4n) is 8.18. The number of hydrogen-bond donors (Lipinski definition) is 11. The molecule has 19 atom stereocenters. The zero-order chi connectivity index (χ0) is 48.4. The van der Waals surface area contributed by atoms with E-state index in [1.54, 1.807) is 63.3 Å². The van der Waals surface area contributed by atoms with Crippen molar-refractivity contribution in [2.75, 3.05) is 0 Å². The zero-order valence-electron chi connectivity index (χ0n) is 38.1. The van der Waals surface area contributed by atoms with Gasteiger partial charge >= 0.3 is 5.97 Å². The lowest BCUT2D eigenvalue weighted by molar-refractivity contribution is -0.306. The molecule has 0 aliphatic carbocycles. The lowest BCUT2D eigenvalue weighted by Gasteiger charge is -2.46. The number of carbonyl (C=O) groups is 2. The molecule has 3 aliphatic heterocycles. The molecule has 3 rings (SSSR count). The van der Waals surface area contributed by atoms with E-state index in [0.717, 1.165) is 0 Å². The Morgan fingerprint density at radius 1 is 0.662 bits per heavy atom. The van der Waals surface area contributed by atoms with E-state index >= 15 is 0 Å². The molecule has 0 unspecified atom stereocenters. The van der Waals surface area contributed by atoms with E-state index in [-0.39, 0.29) is 31.6 Å². The van der Waals surface area contributed by atoms with Crippen molar-refractivity contribution in [2.24, 2.45) is 23.5 Å². The van der Waals surface area contributed by atoms with Crippen LogP contribution in [0.15, 0.2) is 85.1 Å². The monoisotopic (exact) mass is 922 g/mol. The second kappa shape index (κ2) is 27.5. The van der Waals surface area contributed by atoms with Crippen molar-refractivity contribution in [3.63, 3.8) is 0 Å². The summed E-state index contributed by atoms with van der Waals surface area (Å²) in [4.78, 5) is 25.5. The predicted molar refractivity (Wildman–Crippen MR) is 240 cm³/mol. The summed E-state index contributed by atoms with van der Waals surface area (Å²) in [5.74, 6) is -5.24. The molecule has 0 amide bonds. The van der Waals surface area contributed by atoms with Gasteiger partial charge in [0.25, 0.3) is 0 Å². The van der Waals surface area contributed by atoms with Crippen LogP contribution in [0.5, 0.6) is 0 Å². The molecule has 0 aromatic heterocycles. The van der Waals surface area contributed by atoms with E-state index in [1.807, 2.05) is 49.5 Å². The van der Waals surface area contributed by atoms with Crippen molar-refractivity contribution in [1.29, 1.82) is 0 Å². The number of aliphatic hydroxyl groups excluding tert-OH is 9. The Labute approximate surface area is 382 Å². The van der Waals surface area contributed by atoms with Gasteiger partial charge in [-0.15, -0.1) is 0 Å². The number of ether oxygens (including phenoxy) is 4. The maximum absolute atomic E-state index is 12.9. The fraction of sp³-hybridized carbons (Fsp3) is 0.667. The topological polar surface area (TPSA) is 299 Å². The standard InChI is InChI=1S/C48H75NO16/c1-28-18-16-14-12-10-8-6-7-9-11-13-15-17-19-36(64-47-46(60)43(49)45(59)32(5)63-47)25-40-42(30(3)50)39(56)27-48(61,65-40)26-35(53)23-38(55)37(54)21-20-33(51)22-34(52)24-41(57)62-31(4)29(2)44(28)58/h6-19,28-29,31-40,42-47,51-56,58-61H,20-27,49H2,1-5H3/b7-6+,10-8+,11-9+,14-12+,15-13+,18-16-,19-17+/t28-,29-,31-,32+,33+,34+,35-,36-,37+,38+,39-,40-,42+,43-,44+,45+,46-,47-,48+/m0/s1. The largest absolute Gasteiger partial charge is 0.462 e. The first-order chi connectivity index (χ1) is 30.6. The normalized spacial score (nSPS) is 45.5. The first-order valence-electron chi connectivity index (χ1n) is 22.6. The van der Waals surface area contributed by atoms with Crippen LogP contribution in [0.25, 0.3) is 0 Å². The zero-order valence-corrected chi connectivity index (χ0v) is 38.1. The average Bonchev–Trinajstić information content (AvgIpc) is 3.21. The molecule has 368 valence electrons. The van der Waals surface area contributed by atoms with Gasteiger partial charge in [-0.05, 0) is 40.0 Å². The van der Waals surface area contributed by atoms with Crippen molar-refractivity contribution < 1.29 is 79.6 Å². The van der Waals surface area contributed by atoms with Crippen molar-refractivity contribution in [1.82, 2.24) is 0 Å². The Bertz CT molecular complexity index is 1660. The molecule has 3 aliphatic rings. The summed E-state index contributed by atoms with van der Waals surface area (Å²) in [6, 6.07) is -1.11. The second-order valence-electron chi connectivity index (χ2n) is 17.8. The number of aliphatic hydroxyl groups is 10. The van der Waals surface area contributed by atoms with Crippen molar-refractivity contribution in [3.05, 3.63) is 85.1 Å². The first-order valence-corrected chi connectivity index (χ1v) is 22.6. The third-order valence-corrected chi connectivity index (χ3v) is 12.2. The third-order valence-electron chi connectivity index (χ3n) is 12.2. The van der Waals surface area contributed by atoms with E-state index in [9.17, 15) is 60.7 Å². The van der Waals surface area contributed by atoms with E-state index in [0.29, 0.717) is 0 Å². The summed E-state index contributed by atoms with van der Waals surface area (Å²) < 4.78 is 23.4. The van der Waals surface area contributed by atoms with Crippen molar-refractivity contribution in [2.45, 2.75) is 183 Å². The molecule has 0 saturated carbocycles. The van der Waals surface area contributed by atoms with Gasteiger partial charge in [0.15, 0.2) is 12.1 Å². The second-order valence-corrected chi connectivity index (χ2v) is 17.8. The minimum Gasteiger partial charge on any atom is -0.462 e. The molecular weight excluding hydrogens is 847 g/mol. The van der Waals surface area contributed by atoms with Crippen molar-refractivity contribution in [3.8, 4) is 0 Å². The van der Waals surface area contributed by atoms with E-state index in [2.05, 4.69) is 0 Å². The van der Waals surface area contributed by atoms with Crippen LogP contribution in [-0.2, 0) is 28.5 Å². The summed E-state index contributed by atoms with van der Waals surface area (Å²) in [5, 5.41) is 108. The number of allylic oxidation sites excluding steroid dienone is 12. The van der Waals surface area contributed by atoms with Crippen LogP contribution in [0.4, 0.5) is 0 Å². The van der Waals surface area contributed by atoms with Crippen LogP contribution in [0.2, 0.25) is 0 Å². The number of nitrogens with two attached hydrogens (primary N) is 1. The Balaban J connectivity index is 1.86. The predicted octanol–water partition coefficient (Wildman–Crippen LogP) is 1.22. The van der Waals surface area contributed by atoms with Gasteiger partial charge in [-0.1, -0.05) is 98.9 Å². The molecular formula is C48H75NO16. The molecule has 12 N–H and O–H groups in total. The van der Waals surface area contributed by atoms with Gasteiger partial charge in [0.2, 0.25) is 0 Å². The van der Waals surface area contributed by atoms with Gasteiger partial charge in [0.1, 0.15) is 18.0 Å². The highest BCUT2D eigenvalue weighted by Gasteiger charge is 2.50. The van der Waals surface area contributed by atoms with Gasteiger partial charge < -0.3 is 75.7 Å². The van der Waals surface area contributed by atoms with Crippen LogP contribution in [0.3, 0.4) is 0 Å². The molecule has 0 spiro atoms. The molecule has 0 aromatic carbocycles. The maximum Gasteiger partial charge on any atom is 0.308 e. The van der Waals surface area contributed by atoms with Crippen LogP contribution < -0.4 is 5.73 Å². The summed E-state index contributed by atoms with van der Waals surface area (Å²) in [6.07, 6.45) is 5.40. The summed E-state index contributed by atoms with van der Waals surface area (Å²) in [5.41, 5.74) is 6.05. The number of ketones is 1. The number of fused-ring (bicyclic) bond motifs is 2. The highest BCUT2D eigenvalue weighted by Crippen LogP contribution is 2.38. The number of Topliss-reactive ketones (excluding diaryl/α,β-unsaturated/α-hetero) is 1. The van der Waals surface area contributed by atoms with E-state index in [4.69, 9.17) is 24.7 Å². The molecule has 2 fully saturated rings. The van der Waals surface area contributed by atoms with Crippen LogP contribution in [0, 0.1) is 17.8 Å². The van der Waals surface area contributed by atoms with Gasteiger partial charge in [-0.25, -0.2) is 0 Å². The van der Waals surface area contributed by atoms with Gasteiger partial charge in [0.05, 0.1) is 85.5 Å². The van der Waals surface area contributed by atoms with Gasteiger partial charge in [-0.2, -0.15) is 0 Å². The summed E-state index contributed by atoms with van der Waals surface area (Å²) >= 11 is 0. The lowest BCUT2D eigenvalue weighted by atomic mass is 9.81. The SMILES string of the molecule is CC(=O)[C@H]1[C@@H]2C[C@@H](O[C@@H]3O[C@H](C)[C@@H](O)[C@H](N)[C@@H]3O)/C=C/C=C/C=C/C=C/C=C/C=C/C=C\[C@H](C)[C@@H](O)[C@@H](C)[C@H](C)OC(=O)C[C@H](O)C[C@H](O)CC[C@@H](O)[C@H](O)C[C@H](O)C[C@](O)(C[C@@H]1O)O2. The molecule has 0 aromatic rings. The average molecular weight is 922 g/mol. The maximum atomic E-state index is 12.9. The van der Waals surface area contributed by atoms with Gasteiger partial charge in [0, 0.05) is 37.5 Å². The number of esters is 1. The van der Waals surface area contributed by atoms with Gasteiger partial charge in [-0.3, -0.25) is 9.59 Å². The Hall–Kier alpha value is -3.24. The molecule has 17 heteroatoms. The molecule has 0 radical (unpaired) electrons. The van der Waals surface area contributed by atoms with Crippen molar-refractivity contribution >= 4 is 11.8 Å². The lowest BCUT2D eigenvalue weighted by Crippen LogP contribution is -2.61. The Morgan fingerprint density at radius 3 is 1.82 bits per heavy atom. The smallest absolute Gasteiger partial charge is 0.308 e. The molecule has 3 heterocycles. The summed E-state index contributed by atoms with van der Waals surface area (Å²) in [7, 11) is 0. The minimum atomic E-state index is -2.21. The summed E-state index contributed by atoms with van der Waals surface area (Å²) in [6.45, 7) is 8.06. The Morgan fingerprint density at radius 2 is 1.23 bits per heavy atom. The quantitative estimate of drug-likeness (QED) is 0.177. The number of rotatable bonds is 3. The molecule has 65 heavy (non-hydrogen) atoms. The highest BCUT2D eigenvalue weighted by molar-refractivity contribution is 5.79. The fourth-order valence-corrected chi connectivity index (χ4v) is 8.18. The minimum absolute atomic E-state index is 0.0835. The number of cyclic esters (lactones) is 1. The highest BCUT2D eigenvalue weighted by atomic mass is 16.7. The Kier molecular flexibility index (Phi) is 23.8. The van der Waals surface area contributed by atoms with E-state index in [1.165, 1.54) is 6.92 Å². The van der Waals surface area contributed by atoms with Crippen LogP contribution >= 0.6 is 0 Å². The van der Waals surface area contributed by atoms with Crippen LogP contribution in [0.1, 0.15) is 86.0 Å². The number of hydrogen-bond acceptors (Lipinski definition) is 17. The third kappa shape index (κ3) is 18.8. The number of carbonyl (C=O) groups excluding carboxylic acids is 2.